The SMILES string of the molecule is CN1CCC(CNC(=O)N2CCS(=O)(=O)CC2)(c2ccccc2)CC1. The summed E-state index contributed by atoms with van der Waals surface area (Å²) in [6, 6.07) is 10.2. The Morgan fingerprint density at radius 1 is 1.08 bits per heavy atom. The first-order valence-corrected chi connectivity index (χ1v) is 10.7. The molecule has 6 nitrogen and oxygen atoms in total. The summed E-state index contributed by atoms with van der Waals surface area (Å²) in [5, 5.41) is 3.08. The van der Waals surface area contributed by atoms with Crippen molar-refractivity contribution in [2.24, 2.45) is 0 Å². The number of amides is 2. The van der Waals surface area contributed by atoms with Crippen LogP contribution in [0.1, 0.15) is 18.4 Å². The average molecular weight is 365 g/mol. The Morgan fingerprint density at radius 2 is 1.68 bits per heavy atom. The van der Waals surface area contributed by atoms with E-state index in [1.165, 1.54) is 5.56 Å². The maximum absolute atomic E-state index is 12.5. The molecule has 0 spiro atoms. The Bertz CT molecular complexity index is 684. The van der Waals surface area contributed by atoms with Gasteiger partial charge in [-0.2, -0.15) is 0 Å². The molecule has 138 valence electrons. The number of benzene rings is 1. The molecule has 0 bridgehead atoms. The van der Waals surface area contributed by atoms with Gasteiger partial charge in [-0.05, 0) is 38.5 Å². The number of nitrogens with one attached hydrogen (secondary N) is 1. The first-order chi connectivity index (χ1) is 11.9. The van der Waals surface area contributed by atoms with Crippen LogP contribution in [-0.2, 0) is 15.3 Å². The summed E-state index contributed by atoms with van der Waals surface area (Å²) in [5.41, 5.74) is 1.22. The molecule has 1 aromatic rings. The molecule has 1 N–H and O–H groups in total. The Balaban J connectivity index is 1.66. The molecule has 1 aromatic carbocycles. The highest BCUT2D eigenvalue weighted by Gasteiger charge is 2.36. The molecule has 2 saturated heterocycles. The maximum atomic E-state index is 12.5. The lowest BCUT2D eigenvalue weighted by Gasteiger charge is -2.41. The van der Waals surface area contributed by atoms with Crippen LogP contribution >= 0.6 is 0 Å². The first-order valence-electron chi connectivity index (χ1n) is 8.88. The van der Waals surface area contributed by atoms with E-state index in [1.54, 1.807) is 4.90 Å². The van der Waals surface area contributed by atoms with Gasteiger partial charge in [0.15, 0.2) is 9.84 Å². The highest BCUT2D eigenvalue weighted by atomic mass is 32.2. The number of nitrogens with zero attached hydrogens (tertiary/aromatic N) is 2. The molecule has 2 fully saturated rings. The van der Waals surface area contributed by atoms with Gasteiger partial charge in [0.1, 0.15) is 0 Å². The van der Waals surface area contributed by atoms with Gasteiger partial charge >= 0.3 is 6.03 Å². The number of hydrogen-bond acceptors (Lipinski definition) is 4. The lowest BCUT2D eigenvalue weighted by atomic mass is 9.72. The number of carbonyl (C=O) groups excluding carboxylic acids is 1. The fourth-order valence-corrected chi connectivity index (χ4v) is 4.88. The largest absolute Gasteiger partial charge is 0.337 e. The Labute approximate surface area is 150 Å². The van der Waals surface area contributed by atoms with Crippen molar-refractivity contribution in [2.75, 3.05) is 51.3 Å². The highest BCUT2D eigenvalue weighted by molar-refractivity contribution is 7.91. The van der Waals surface area contributed by atoms with E-state index in [9.17, 15) is 13.2 Å². The summed E-state index contributed by atoms with van der Waals surface area (Å²) < 4.78 is 23.1. The van der Waals surface area contributed by atoms with Crippen molar-refractivity contribution in [3.63, 3.8) is 0 Å². The van der Waals surface area contributed by atoms with Gasteiger partial charge in [0.25, 0.3) is 0 Å². The molecule has 0 unspecified atom stereocenters. The van der Waals surface area contributed by atoms with Crippen LogP contribution < -0.4 is 5.32 Å². The van der Waals surface area contributed by atoms with E-state index in [0.29, 0.717) is 6.54 Å². The lowest BCUT2D eigenvalue weighted by Crippen LogP contribution is -2.53. The van der Waals surface area contributed by atoms with Gasteiger partial charge in [0.05, 0.1) is 11.5 Å². The monoisotopic (exact) mass is 365 g/mol. The number of hydrogen-bond donors (Lipinski definition) is 1. The minimum atomic E-state index is -2.97. The van der Waals surface area contributed by atoms with Crippen molar-refractivity contribution in [3.05, 3.63) is 35.9 Å². The van der Waals surface area contributed by atoms with Crippen molar-refractivity contribution in [2.45, 2.75) is 18.3 Å². The minimum Gasteiger partial charge on any atom is -0.337 e. The molecule has 2 amide bonds. The van der Waals surface area contributed by atoms with Crippen LogP contribution in [0, 0.1) is 0 Å². The van der Waals surface area contributed by atoms with Crippen LogP contribution in [0.2, 0.25) is 0 Å². The molecule has 0 atom stereocenters. The van der Waals surface area contributed by atoms with Crippen molar-refractivity contribution >= 4 is 15.9 Å². The van der Waals surface area contributed by atoms with Gasteiger partial charge in [-0.1, -0.05) is 30.3 Å². The molecule has 25 heavy (non-hydrogen) atoms. The first kappa shape index (κ1) is 18.2. The molecule has 7 heteroatoms. The topological polar surface area (TPSA) is 69.7 Å². The zero-order valence-corrected chi connectivity index (χ0v) is 15.6. The molecule has 2 aliphatic heterocycles. The van der Waals surface area contributed by atoms with E-state index in [1.807, 2.05) is 18.2 Å². The van der Waals surface area contributed by atoms with Gasteiger partial charge in [-0.25, -0.2) is 13.2 Å². The second-order valence-electron chi connectivity index (χ2n) is 7.25. The van der Waals surface area contributed by atoms with Gasteiger partial charge < -0.3 is 15.1 Å². The van der Waals surface area contributed by atoms with Crippen LogP contribution in [0.25, 0.3) is 0 Å². The highest BCUT2D eigenvalue weighted by Crippen LogP contribution is 2.34. The average Bonchev–Trinajstić information content (AvgIpc) is 2.62. The third-order valence-corrected chi connectivity index (χ3v) is 7.15. The smallest absolute Gasteiger partial charge is 0.317 e. The predicted molar refractivity (Wildman–Crippen MR) is 98.5 cm³/mol. The van der Waals surface area contributed by atoms with Crippen molar-refractivity contribution in [3.8, 4) is 0 Å². The summed E-state index contributed by atoms with van der Waals surface area (Å²) in [6.07, 6.45) is 2.00. The molecular weight excluding hydrogens is 338 g/mol. The summed E-state index contributed by atoms with van der Waals surface area (Å²) in [5.74, 6) is 0.129. The minimum absolute atomic E-state index is 0.0503. The predicted octanol–water partition coefficient (Wildman–Crippen LogP) is 1.09. The lowest BCUT2D eigenvalue weighted by molar-refractivity contribution is 0.171. The fraction of sp³-hybridized carbons (Fsp3) is 0.611. The molecule has 0 radical (unpaired) electrons. The number of carbonyl (C=O) groups is 1. The normalized spacial score (nSPS) is 23.2. The van der Waals surface area contributed by atoms with Crippen molar-refractivity contribution in [1.82, 2.24) is 15.1 Å². The van der Waals surface area contributed by atoms with Gasteiger partial charge in [-0.3, -0.25) is 0 Å². The van der Waals surface area contributed by atoms with Crippen LogP contribution in [0.3, 0.4) is 0 Å². The van der Waals surface area contributed by atoms with E-state index in [2.05, 4.69) is 29.4 Å². The quantitative estimate of drug-likeness (QED) is 0.871. The van der Waals surface area contributed by atoms with Crippen molar-refractivity contribution < 1.29 is 13.2 Å². The molecule has 2 heterocycles. The third-order valence-electron chi connectivity index (χ3n) is 5.54. The fourth-order valence-electron chi connectivity index (χ4n) is 3.68. The van der Waals surface area contributed by atoms with E-state index < -0.39 is 9.84 Å². The van der Waals surface area contributed by atoms with Crippen molar-refractivity contribution in [1.29, 1.82) is 0 Å². The molecule has 0 aromatic heterocycles. The molecular formula is C18H27N3O3S. The Hall–Kier alpha value is -1.60. The summed E-state index contributed by atoms with van der Waals surface area (Å²) >= 11 is 0. The Morgan fingerprint density at radius 3 is 2.28 bits per heavy atom. The zero-order chi connectivity index (χ0) is 17.9. The van der Waals surface area contributed by atoms with Gasteiger partial charge in [0, 0.05) is 25.0 Å². The number of likely N-dealkylation sites (tertiary alicyclic amines) is 1. The molecule has 3 rings (SSSR count). The number of urea groups is 1. The van der Waals surface area contributed by atoms with E-state index in [0.717, 1.165) is 25.9 Å². The molecule has 0 aliphatic carbocycles. The van der Waals surface area contributed by atoms with Gasteiger partial charge in [-0.15, -0.1) is 0 Å². The molecule has 2 aliphatic rings. The summed E-state index contributed by atoms with van der Waals surface area (Å²) in [7, 11) is -0.846. The maximum Gasteiger partial charge on any atom is 0.317 e. The Kier molecular flexibility index (Phi) is 5.34. The second kappa shape index (κ2) is 7.33. The third kappa shape index (κ3) is 4.33. The standard InChI is InChI=1S/C18H27N3O3S/c1-20-9-7-18(8-10-20,16-5-3-2-4-6-16)15-19-17(22)21-11-13-25(23,24)14-12-21/h2-6H,7-15H2,1H3,(H,19,22). The summed E-state index contributed by atoms with van der Waals surface area (Å²) in [4.78, 5) is 16.4. The number of rotatable bonds is 3. The number of sulfone groups is 1. The summed E-state index contributed by atoms with van der Waals surface area (Å²) in [6.45, 7) is 3.18. The van der Waals surface area contributed by atoms with E-state index >= 15 is 0 Å². The van der Waals surface area contributed by atoms with Crippen LogP contribution in [0.4, 0.5) is 4.79 Å². The second-order valence-corrected chi connectivity index (χ2v) is 9.55. The van der Waals surface area contributed by atoms with Crippen LogP contribution in [0.5, 0.6) is 0 Å². The van der Waals surface area contributed by atoms with E-state index in [4.69, 9.17) is 0 Å². The zero-order valence-electron chi connectivity index (χ0n) is 14.8. The van der Waals surface area contributed by atoms with Crippen LogP contribution in [0.15, 0.2) is 30.3 Å². The van der Waals surface area contributed by atoms with Crippen LogP contribution in [-0.4, -0.2) is 75.5 Å². The molecule has 0 saturated carbocycles. The van der Waals surface area contributed by atoms with Gasteiger partial charge in [0.2, 0.25) is 0 Å². The number of piperidine rings is 1. The van der Waals surface area contributed by atoms with E-state index in [-0.39, 0.29) is 36.0 Å².